The van der Waals surface area contributed by atoms with E-state index in [1.54, 1.807) is 24.4 Å². The number of nitrogens with one attached hydrogen (secondary N) is 2. The Labute approximate surface area is 123 Å². The summed E-state index contributed by atoms with van der Waals surface area (Å²) < 4.78 is 5.33. The number of nitrogens with zero attached hydrogens (tertiary/aromatic N) is 1. The number of hydrogen-bond donors (Lipinski definition) is 3. The van der Waals surface area contributed by atoms with Crippen LogP contribution in [0.25, 0.3) is 10.9 Å². The van der Waals surface area contributed by atoms with E-state index in [0.717, 1.165) is 10.9 Å². The monoisotopic (exact) mass is 291 g/mol. The summed E-state index contributed by atoms with van der Waals surface area (Å²) >= 11 is 0. The lowest BCUT2D eigenvalue weighted by Crippen LogP contribution is -2.34. The second kappa shape index (κ2) is 7.19. The minimum Gasteiger partial charge on any atom is -0.389 e. The van der Waals surface area contributed by atoms with Crippen LogP contribution in [0.5, 0.6) is 0 Å². The first-order valence-corrected chi connectivity index (χ1v) is 7.03. The van der Waals surface area contributed by atoms with E-state index < -0.39 is 6.10 Å². The molecule has 1 aromatic heterocycles. The van der Waals surface area contributed by atoms with Crippen molar-refractivity contribution in [3.8, 4) is 0 Å². The van der Waals surface area contributed by atoms with E-state index in [1.807, 2.05) is 13.8 Å². The molecular weight excluding hydrogens is 270 g/mol. The molecule has 0 saturated heterocycles. The summed E-state index contributed by atoms with van der Waals surface area (Å²) in [5.41, 5.74) is 1.42. The van der Waals surface area contributed by atoms with Crippen LogP contribution in [0.3, 0.4) is 0 Å². The summed E-state index contributed by atoms with van der Waals surface area (Å²) in [5.74, 6) is 0.203. The summed E-state index contributed by atoms with van der Waals surface area (Å²) in [6.45, 7) is 5.07. The Morgan fingerprint density at radius 3 is 3.00 bits per heavy atom. The number of amides is 1. The number of rotatable bonds is 7. The number of fused-ring (bicyclic) bond motifs is 1. The summed E-state index contributed by atoms with van der Waals surface area (Å²) in [4.78, 5) is 12.0. The molecule has 0 fully saturated rings. The molecule has 0 aliphatic rings. The SMILES string of the molecule is CC(C)COCC(O)CNC(=O)c1ccc2[nH]ncc2c1. The molecule has 1 atom stereocenters. The number of ether oxygens (including phenoxy) is 1. The molecule has 114 valence electrons. The maximum Gasteiger partial charge on any atom is 0.251 e. The quantitative estimate of drug-likeness (QED) is 0.718. The molecule has 21 heavy (non-hydrogen) atoms. The predicted octanol–water partition coefficient (Wildman–Crippen LogP) is 1.33. The van der Waals surface area contributed by atoms with Crippen molar-refractivity contribution < 1.29 is 14.6 Å². The fourth-order valence-corrected chi connectivity index (χ4v) is 1.90. The molecule has 6 heteroatoms. The molecule has 0 spiro atoms. The van der Waals surface area contributed by atoms with Crippen LogP contribution in [-0.4, -0.2) is 47.1 Å². The standard InChI is InChI=1S/C15H21N3O3/c1-10(2)8-21-9-13(19)7-16-15(20)11-3-4-14-12(5-11)6-17-18-14/h3-6,10,13,19H,7-9H2,1-2H3,(H,16,20)(H,17,18). The van der Waals surface area contributed by atoms with Gasteiger partial charge in [0, 0.05) is 24.1 Å². The van der Waals surface area contributed by atoms with Crippen molar-refractivity contribution in [3.05, 3.63) is 30.0 Å². The Balaban J connectivity index is 1.81. The second-order valence-electron chi connectivity index (χ2n) is 5.47. The van der Waals surface area contributed by atoms with Crippen LogP contribution >= 0.6 is 0 Å². The first-order valence-electron chi connectivity index (χ1n) is 7.03. The third kappa shape index (κ3) is 4.54. The lowest BCUT2D eigenvalue weighted by atomic mass is 10.1. The normalized spacial score (nSPS) is 12.8. The van der Waals surface area contributed by atoms with Crippen molar-refractivity contribution in [1.29, 1.82) is 0 Å². The first kappa shape index (κ1) is 15.5. The number of carbonyl (C=O) groups excluding carboxylic acids is 1. The van der Waals surface area contributed by atoms with E-state index >= 15 is 0 Å². The van der Waals surface area contributed by atoms with Gasteiger partial charge in [-0.2, -0.15) is 5.10 Å². The summed E-state index contributed by atoms with van der Waals surface area (Å²) in [6, 6.07) is 5.28. The smallest absolute Gasteiger partial charge is 0.251 e. The molecule has 3 N–H and O–H groups in total. The summed E-state index contributed by atoms with van der Waals surface area (Å²) in [6.07, 6.45) is 0.964. The van der Waals surface area contributed by atoms with Crippen LogP contribution in [0.2, 0.25) is 0 Å². The molecule has 1 unspecified atom stereocenters. The van der Waals surface area contributed by atoms with Gasteiger partial charge in [-0.3, -0.25) is 9.89 Å². The number of hydrogen-bond acceptors (Lipinski definition) is 4. The fourth-order valence-electron chi connectivity index (χ4n) is 1.90. The second-order valence-corrected chi connectivity index (χ2v) is 5.47. The summed E-state index contributed by atoms with van der Waals surface area (Å²) in [5, 5.41) is 20.1. The topological polar surface area (TPSA) is 87.2 Å². The maximum absolute atomic E-state index is 12.0. The Morgan fingerprint density at radius 2 is 2.24 bits per heavy atom. The van der Waals surface area contributed by atoms with Gasteiger partial charge < -0.3 is 15.2 Å². The largest absolute Gasteiger partial charge is 0.389 e. The molecule has 1 heterocycles. The van der Waals surface area contributed by atoms with Crippen molar-refractivity contribution in [3.63, 3.8) is 0 Å². The van der Waals surface area contributed by atoms with Gasteiger partial charge in [0.1, 0.15) is 0 Å². The molecule has 0 radical (unpaired) electrons. The number of aromatic amines is 1. The molecule has 0 aliphatic heterocycles. The first-order chi connectivity index (χ1) is 10.1. The van der Waals surface area contributed by atoms with Gasteiger partial charge in [0.25, 0.3) is 5.91 Å². The Kier molecular flexibility index (Phi) is 5.30. The minimum absolute atomic E-state index is 0.167. The highest BCUT2D eigenvalue weighted by atomic mass is 16.5. The fraction of sp³-hybridized carbons (Fsp3) is 0.467. The minimum atomic E-state index is -0.703. The van der Waals surface area contributed by atoms with Crippen LogP contribution in [0.15, 0.2) is 24.4 Å². The van der Waals surface area contributed by atoms with E-state index in [4.69, 9.17) is 4.74 Å². The molecule has 0 saturated carbocycles. The predicted molar refractivity (Wildman–Crippen MR) is 80.1 cm³/mol. The van der Waals surface area contributed by atoms with Crippen LogP contribution in [0, 0.1) is 5.92 Å². The van der Waals surface area contributed by atoms with Gasteiger partial charge in [0.15, 0.2) is 0 Å². The molecular formula is C15H21N3O3. The number of aliphatic hydroxyl groups excluding tert-OH is 1. The average Bonchev–Trinajstić information content (AvgIpc) is 2.91. The average molecular weight is 291 g/mol. The number of aromatic nitrogens is 2. The molecule has 2 aromatic rings. The Hall–Kier alpha value is -1.92. The van der Waals surface area contributed by atoms with E-state index in [9.17, 15) is 9.90 Å². The van der Waals surface area contributed by atoms with Crippen molar-refractivity contribution in [1.82, 2.24) is 15.5 Å². The third-order valence-electron chi connectivity index (χ3n) is 2.96. The highest BCUT2D eigenvalue weighted by Gasteiger charge is 2.10. The lowest BCUT2D eigenvalue weighted by molar-refractivity contribution is 0.0259. The molecule has 2 rings (SSSR count). The number of carbonyl (C=O) groups is 1. The highest BCUT2D eigenvalue weighted by molar-refractivity contribution is 5.97. The Bertz CT molecular complexity index is 595. The van der Waals surface area contributed by atoms with Crippen LogP contribution in [-0.2, 0) is 4.74 Å². The van der Waals surface area contributed by atoms with Gasteiger partial charge in [-0.25, -0.2) is 0 Å². The molecule has 0 bridgehead atoms. The number of aliphatic hydroxyl groups is 1. The van der Waals surface area contributed by atoms with Crippen LogP contribution in [0.4, 0.5) is 0 Å². The van der Waals surface area contributed by atoms with E-state index in [2.05, 4.69) is 15.5 Å². The van der Waals surface area contributed by atoms with Gasteiger partial charge in [-0.05, 0) is 24.1 Å². The van der Waals surface area contributed by atoms with Crippen LogP contribution < -0.4 is 5.32 Å². The molecule has 1 amide bonds. The van der Waals surface area contributed by atoms with Gasteiger partial charge in [0.2, 0.25) is 0 Å². The highest BCUT2D eigenvalue weighted by Crippen LogP contribution is 2.12. The van der Waals surface area contributed by atoms with Gasteiger partial charge in [-0.15, -0.1) is 0 Å². The van der Waals surface area contributed by atoms with Gasteiger partial charge in [-0.1, -0.05) is 13.8 Å². The van der Waals surface area contributed by atoms with Crippen molar-refractivity contribution in [2.24, 2.45) is 5.92 Å². The van der Waals surface area contributed by atoms with Gasteiger partial charge in [0.05, 0.1) is 24.4 Å². The zero-order valence-corrected chi connectivity index (χ0v) is 12.3. The number of H-pyrrole nitrogens is 1. The maximum atomic E-state index is 12.0. The molecule has 0 aliphatic carbocycles. The zero-order chi connectivity index (χ0) is 15.2. The van der Waals surface area contributed by atoms with Crippen LogP contribution in [0.1, 0.15) is 24.2 Å². The van der Waals surface area contributed by atoms with E-state index in [0.29, 0.717) is 18.1 Å². The van der Waals surface area contributed by atoms with Crippen molar-refractivity contribution in [2.75, 3.05) is 19.8 Å². The summed E-state index contributed by atoms with van der Waals surface area (Å²) in [7, 11) is 0. The zero-order valence-electron chi connectivity index (χ0n) is 12.3. The van der Waals surface area contributed by atoms with Gasteiger partial charge >= 0.3 is 0 Å². The number of benzene rings is 1. The van der Waals surface area contributed by atoms with Crippen molar-refractivity contribution in [2.45, 2.75) is 20.0 Å². The molecule has 1 aromatic carbocycles. The molecule has 6 nitrogen and oxygen atoms in total. The lowest BCUT2D eigenvalue weighted by Gasteiger charge is -2.13. The third-order valence-corrected chi connectivity index (χ3v) is 2.96. The van der Waals surface area contributed by atoms with E-state index in [1.165, 1.54) is 0 Å². The van der Waals surface area contributed by atoms with E-state index in [-0.39, 0.29) is 19.1 Å². The Morgan fingerprint density at radius 1 is 1.43 bits per heavy atom. The van der Waals surface area contributed by atoms with Crippen molar-refractivity contribution >= 4 is 16.8 Å².